The molecule has 0 amide bonds. The predicted molar refractivity (Wildman–Crippen MR) is 97.3 cm³/mol. The lowest BCUT2D eigenvalue weighted by molar-refractivity contribution is 0.236. The zero-order valence-corrected chi connectivity index (χ0v) is 13.5. The molecule has 4 rings (SSSR count). The first kappa shape index (κ1) is 14.3. The lowest BCUT2D eigenvalue weighted by Gasteiger charge is -2.33. The van der Waals surface area contributed by atoms with Crippen LogP contribution in [0, 0.1) is 0 Å². The van der Waals surface area contributed by atoms with Crippen molar-refractivity contribution in [1.29, 1.82) is 0 Å². The second kappa shape index (κ2) is 6.05. The first-order chi connectivity index (χ1) is 11.3. The Morgan fingerprint density at radius 3 is 2.74 bits per heavy atom. The molecule has 0 radical (unpaired) electrons. The molecule has 0 saturated heterocycles. The van der Waals surface area contributed by atoms with Gasteiger partial charge in [0.2, 0.25) is 0 Å². The van der Waals surface area contributed by atoms with Crippen LogP contribution in [0.1, 0.15) is 30.5 Å². The minimum atomic E-state index is 0.449. The van der Waals surface area contributed by atoms with Crippen molar-refractivity contribution in [3.8, 4) is 0 Å². The van der Waals surface area contributed by atoms with E-state index >= 15 is 0 Å². The van der Waals surface area contributed by atoms with Crippen LogP contribution in [0.5, 0.6) is 0 Å². The lowest BCUT2D eigenvalue weighted by atomic mass is 9.96. The van der Waals surface area contributed by atoms with Gasteiger partial charge in [0.1, 0.15) is 0 Å². The van der Waals surface area contributed by atoms with Crippen molar-refractivity contribution < 1.29 is 0 Å². The molecule has 1 aromatic heterocycles. The number of nitrogens with one attached hydrogen (secondary N) is 1. The van der Waals surface area contributed by atoms with Crippen LogP contribution < -0.4 is 0 Å². The van der Waals surface area contributed by atoms with Gasteiger partial charge < -0.3 is 4.98 Å². The number of benzene rings is 2. The molecule has 116 valence electrons. The molecule has 2 aromatic carbocycles. The molecule has 0 saturated carbocycles. The summed E-state index contributed by atoms with van der Waals surface area (Å²) in [5, 5.41) is 1.33. The van der Waals surface area contributed by atoms with Crippen LogP contribution >= 0.6 is 0 Å². The van der Waals surface area contributed by atoms with E-state index in [1.165, 1.54) is 27.6 Å². The zero-order valence-electron chi connectivity index (χ0n) is 13.5. The molecule has 2 heteroatoms. The Morgan fingerprint density at radius 1 is 1.00 bits per heavy atom. The molecule has 1 aliphatic heterocycles. The third-order valence-electron chi connectivity index (χ3n) is 4.95. The number of hydrogen-bond donors (Lipinski definition) is 1. The maximum absolute atomic E-state index is 3.32. The average molecular weight is 302 g/mol. The van der Waals surface area contributed by atoms with E-state index in [2.05, 4.69) is 77.5 Å². The fourth-order valence-electron chi connectivity index (χ4n) is 3.60. The number of aromatic amines is 1. The molecule has 1 unspecified atom stereocenters. The Morgan fingerprint density at radius 2 is 1.87 bits per heavy atom. The monoisotopic (exact) mass is 302 g/mol. The third kappa shape index (κ3) is 2.71. The molecule has 0 aliphatic carbocycles. The summed E-state index contributed by atoms with van der Waals surface area (Å²) in [6.45, 7) is 4.46. The van der Waals surface area contributed by atoms with Crippen molar-refractivity contribution in [3.05, 3.63) is 78.0 Å². The maximum atomic E-state index is 3.32. The van der Waals surface area contributed by atoms with Crippen LogP contribution in [0.15, 0.2) is 66.9 Å². The number of rotatable bonds is 3. The highest BCUT2D eigenvalue weighted by Crippen LogP contribution is 2.31. The SMILES string of the molecule is CC(c1ccccc1)N1CCC=C(c2cccc3[nH]ccc23)C1. The van der Waals surface area contributed by atoms with Crippen molar-refractivity contribution in [2.45, 2.75) is 19.4 Å². The zero-order chi connectivity index (χ0) is 15.6. The maximum Gasteiger partial charge on any atom is 0.0460 e. The summed E-state index contributed by atoms with van der Waals surface area (Å²) in [5.41, 5.74) is 5.43. The summed E-state index contributed by atoms with van der Waals surface area (Å²) in [7, 11) is 0. The van der Waals surface area contributed by atoms with Crippen LogP contribution in [-0.2, 0) is 0 Å². The summed E-state index contributed by atoms with van der Waals surface area (Å²) in [4.78, 5) is 5.90. The number of aromatic nitrogens is 1. The quantitative estimate of drug-likeness (QED) is 0.720. The fraction of sp³-hybridized carbons (Fsp3) is 0.238. The summed E-state index contributed by atoms with van der Waals surface area (Å²) < 4.78 is 0. The first-order valence-corrected chi connectivity index (χ1v) is 8.37. The molecule has 0 bridgehead atoms. The molecule has 3 aromatic rings. The Balaban J connectivity index is 1.62. The number of hydrogen-bond acceptors (Lipinski definition) is 1. The molecule has 1 atom stereocenters. The van der Waals surface area contributed by atoms with Gasteiger partial charge in [-0.3, -0.25) is 4.90 Å². The normalized spacial score (nSPS) is 17.2. The largest absolute Gasteiger partial charge is 0.361 e. The first-order valence-electron chi connectivity index (χ1n) is 8.37. The molecule has 0 spiro atoms. The highest BCUT2D eigenvalue weighted by molar-refractivity contribution is 5.92. The second-order valence-electron chi connectivity index (χ2n) is 6.32. The standard InChI is InChI=1S/C21H22N2/c1-16(17-7-3-2-4-8-17)23-14-6-9-18(15-23)19-10-5-11-21-20(19)12-13-22-21/h2-5,7-13,16,22H,6,14-15H2,1H3. The van der Waals surface area contributed by atoms with Crippen LogP contribution in [0.4, 0.5) is 0 Å². The van der Waals surface area contributed by atoms with Gasteiger partial charge in [0, 0.05) is 36.2 Å². The predicted octanol–water partition coefficient (Wildman–Crippen LogP) is 5.02. The third-order valence-corrected chi connectivity index (χ3v) is 4.95. The molecule has 1 N–H and O–H groups in total. The Hall–Kier alpha value is -2.32. The van der Waals surface area contributed by atoms with Crippen molar-refractivity contribution in [1.82, 2.24) is 9.88 Å². The molecule has 2 heterocycles. The average Bonchev–Trinajstić information content (AvgIpc) is 3.10. The number of fused-ring (bicyclic) bond motifs is 1. The van der Waals surface area contributed by atoms with E-state index < -0.39 is 0 Å². The molecule has 2 nitrogen and oxygen atoms in total. The summed E-state index contributed by atoms with van der Waals surface area (Å²) >= 11 is 0. The van der Waals surface area contributed by atoms with E-state index in [0.717, 1.165) is 19.5 Å². The Bertz CT molecular complexity index is 829. The van der Waals surface area contributed by atoms with Crippen molar-refractivity contribution >= 4 is 16.5 Å². The second-order valence-corrected chi connectivity index (χ2v) is 6.32. The van der Waals surface area contributed by atoms with Gasteiger partial charge in [-0.05, 0) is 42.2 Å². The van der Waals surface area contributed by atoms with E-state index in [1.54, 1.807) is 0 Å². The van der Waals surface area contributed by atoms with Crippen LogP contribution in [-0.4, -0.2) is 23.0 Å². The highest BCUT2D eigenvalue weighted by atomic mass is 15.2. The van der Waals surface area contributed by atoms with Gasteiger partial charge in [-0.25, -0.2) is 0 Å². The van der Waals surface area contributed by atoms with Crippen molar-refractivity contribution in [3.63, 3.8) is 0 Å². The minimum Gasteiger partial charge on any atom is -0.361 e. The summed E-state index contributed by atoms with van der Waals surface area (Å²) in [6, 6.07) is 20.0. The molecule has 0 fully saturated rings. The van der Waals surface area contributed by atoms with Gasteiger partial charge in [-0.15, -0.1) is 0 Å². The highest BCUT2D eigenvalue weighted by Gasteiger charge is 2.21. The van der Waals surface area contributed by atoms with E-state index in [0.29, 0.717) is 6.04 Å². The topological polar surface area (TPSA) is 19.0 Å². The van der Waals surface area contributed by atoms with Crippen LogP contribution in [0.25, 0.3) is 16.5 Å². The molecule has 1 aliphatic rings. The minimum absolute atomic E-state index is 0.449. The fourth-order valence-corrected chi connectivity index (χ4v) is 3.60. The Kier molecular flexibility index (Phi) is 3.76. The smallest absolute Gasteiger partial charge is 0.0460 e. The van der Waals surface area contributed by atoms with E-state index in [9.17, 15) is 0 Å². The number of H-pyrrole nitrogens is 1. The lowest BCUT2D eigenvalue weighted by Crippen LogP contribution is -2.32. The molecular formula is C21H22N2. The summed E-state index contributed by atoms with van der Waals surface area (Å²) in [6.07, 6.45) is 5.56. The molecular weight excluding hydrogens is 280 g/mol. The van der Waals surface area contributed by atoms with Gasteiger partial charge in [0.25, 0.3) is 0 Å². The van der Waals surface area contributed by atoms with Gasteiger partial charge in [0.05, 0.1) is 0 Å². The van der Waals surface area contributed by atoms with E-state index in [4.69, 9.17) is 0 Å². The van der Waals surface area contributed by atoms with E-state index in [-0.39, 0.29) is 0 Å². The van der Waals surface area contributed by atoms with Gasteiger partial charge >= 0.3 is 0 Å². The van der Waals surface area contributed by atoms with Crippen molar-refractivity contribution in [2.75, 3.05) is 13.1 Å². The van der Waals surface area contributed by atoms with Gasteiger partial charge in [-0.2, -0.15) is 0 Å². The van der Waals surface area contributed by atoms with Crippen LogP contribution in [0.3, 0.4) is 0 Å². The van der Waals surface area contributed by atoms with Gasteiger partial charge in [0.15, 0.2) is 0 Å². The van der Waals surface area contributed by atoms with Crippen LogP contribution in [0.2, 0.25) is 0 Å². The Labute approximate surface area is 137 Å². The molecule has 23 heavy (non-hydrogen) atoms. The van der Waals surface area contributed by atoms with Gasteiger partial charge in [-0.1, -0.05) is 48.5 Å². The number of nitrogens with zero attached hydrogens (tertiary/aromatic N) is 1. The summed E-state index contributed by atoms with van der Waals surface area (Å²) in [5.74, 6) is 0. The van der Waals surface area contributed by atoms with Crippen molar-refractivity contribution in [2.24, 2.45) is 0 Å². The van der Waals surface area contributed by atoms with E-state index in [1.807, 2.05) is 6.20 Å².